The number of hydrogen-bond donors (Lipinski definition) is 2. The van der Waals surface area contributed by atoms with Crippen LogP contribution in [0.15, 0.2) is 36.4 Å². The van der Waals surface area contributed by atoms with Crippen molar-refractivity contribution in [1.29, 1.82) is 0 Å². The number of methoxy groups -OCH3 is 2. The monoisotopic (exact) mass is 543 g/mol. The first kappa shape index (κ1) is 26.4. The molecule has 2 aliphatic rings. The molecule has 2 amide bonds. The Morgan fingerprint density at radius 3 is 2.53 bits per heavy atom. The van der Waals surface area contributed by atoms with E-state index in [1.165, 1.54) is 10.4 Å². The molecule has 2 aromatic rings. The lowest BCUT2D eigenvalue weighted by atomic mass is 9.65. The predicted octanol–water partition coefficient (Wildman–Crippen LogP) is 4.19. The quantitative estimate of drug-likeness (QED) is 0.510. The number of ether oxygens (including phenoxy) is 2. The SMILES string of the molecule is COc1ccc(C23CCC(NC(=O)Nc4ccc(F)c(F)c4)CC2N(S(=O)(=O)CCl)CC3)cc1OC. The Bertz CT molecular complexity index is 1250. The Kier molecular flexibility index (Phi) is 7.63. The maximum atomic E-state index is 13.5. The number of rotatable bonds is 7. The molecule has 2 fully saturated rings. The zero-order valence-electron chi connectivity index (χ0n) is 19.9. The molecule has 36 heavy (non-hydrogen) atoms. The molecule has 0 bridgehead atoms. The van der Waals surface area contributed by atoms with Gasteiger partial charge in [0.05, 0.1) is 14.2 Å². The summed E-state index contributed by atoms with van der Waals surface area (Å²) in [6.45, 7) is 0.307. The number of carbonyl (C=O) groups is 1. The molecule has 8 nitrogen and oxygen atoms in total. The van der Waals surface area contributed by atoms with E-state index in [0.717, 1.165) is 17.7 Å². The van der Waals surface area contributed by atoms with Crippen molar-refractivity contribution in [3.63, 3.8) is 0 Å². The van der Waals surface area contributed by atoms with Crippen LogP contribution in [-0.2, 0) is 15.4 Å². The highest BCUT2D eigenvalue weighted by Crippen LogP contribution is 2.51. The van der Waals surface area contributed by atoms with Crippen LogP contribution in [0.4, 0.5) is 19.3 Å². The van der Waals surface area contributed by atoms with Crippen LogP contribution in [0.3, 0.4) is 0 Å². The van der Waals surface area contributed by atoms with Gasteiger partial charge in [0.25, 0.3) is 0 Å². The topological polar surface area (TPSA) is 97.0 Å². The minimum Gasteiger partial charge on any atom is -0.493 e. The normalized spacial score (nSPS) is 24.1. The molecule has 1 aliphatic carbocycles. The van der Waals surface area contributed by atoms with Crippen LogP contribution >= 0.6 is 11.6 Å². The highest BCUT2D eigenvalue weighted by atomic mass is 35.5. The molecule has 0 radical (unpaired) electrons. The third-order valence-electron chi connectivity index (χ3n) is 7.18. The summed E-state index contributed by atoms with van der Waals surface area (Å²) in [5, 5.41) is 4.81. The van der Waals surface area contributed by atoms with Crippen molar-refractivity contribution in [2.45, 2.75) is 43.2 Å². The number of alkyl halides is 1. The fourth-order valence-corrected chi connectivity index (χ4v) is 6.99. The third kappa shape index (κ3) is 4.96. The lowest BCUT2D eigenvalue weighted by molar-refractivity contribution is 0.184. The second-order valence-corrected chi connectivity index (χ2v) is 11.5. The van der Waals surface area contributed by atoms with Crippen molar-refractivity contribution in [3.8, 4) is 11.5 Å². The smallest absolute Gasteiger partial charge is 0.319 e. The summed E-state index contributed by atoms with van der Waals surface area (Å²) in [6.07, 6.45) is 2.15. The maximum absolute atomic E-state index is 13.5. The van der Waals surface area contributed by atoms with E-state index in [-0.39, 0.29) is 11.7 Å². The van der Waals surface area contributed by atoms with Gasteiger partial charge in [-0.15, -0.1) is 11.6 Å². The van der Waals surface area contributed by atoms with E-state index in [0.29, 0.717) is 43.7 Å². The summed E-state index contributed by atoms with van der Waals surface area (Å²) in [5.41, 5.74) is 0.546. The van der Waals surface area contributed by atoms with Gasteiger partial charge in [0.1, 0.15) is 5.21 Å². The van der Waals surface area contributed by atoms with Crippen molar-refractivity contribution in [3.05, 3.63) is 53.6 Å². The van der Waals surface area contributed by atoms with Crippen LogP contribution in [0.2, 0.25) is 0 Å². The fourth-order valence-electron chi connectivity index (χ4n) is 5.44. The number of fused-ring (bicyclic) bond motifs is 1. The third-order valence-corrected chi connectivity index (χ3v) is 9.43. The Hall–Kier alpha value is -2.63. The van der Waals surface area contributed by atoms with E-state index in [9.17, 15) is 22.0 Å². The van der Waals surface area contributed by atoms with Crippen molar-refractivity contribution in [1.82, 2.24) is 9.62 Å². The Morgan fingerprint density at radius 1 is 1.11 bits per heavy atom. The first-order valence-electron chi connectivity index (χ1n) is 11.4. The number of halogens is 3. The van der Waals surface area contributed by atoms with Crippen molar-refractivity contribution in [2.75, 3.05) is 31.3 Å². The average Bonchev–Trinajstić information content (AvgIpc) is 3.26. The van der Waals surface area contributed by atoms with Crippen LogP contribution in [0.1, 0.15) is 31.2 Å². The molecule has 3 atom stereocenters. The van der Waals surface area contributed by atoms with Crippen molar-refractivity contribution < 1.29 is 31.5 Å². The summed E-state index contributed by atoms with van der Waals surface area (Å²) in [7, 11) is -0.624. The molecule has 0 spiro atoms. The fraction of sp³-hybridized carbons (Fsp3) is 0.458. The van der Waals surface area contributed by atoms with E-state index in [2.05, 4.69) is 10.6 Å². The molecular weight excluding hydrogens is 516 g/mol. The van der Waals surface area contributed by atoms with Crippen LogP contribution < -0.4 is 20.1 Å². The Labute approximate surface area is 213 Å². The van der Waals surface area contributed by atoms with Gasteiger partial charge in [0, 0.05) is 35.8 Å². The number of sulfonamides is 1. The van der Waals surface area contributed by atoms with E-state index >= 15 is 0 Å². The second kappa shape index (κ2) is 10.4. The largest absolute Gasteiger partial charge is 0.493 e. The van der Waals surface area contributed by atoms with Crippen LogP contribution in [0, 0.1) is 11.6 Å². The van der Waals surface area contributed by atoms with Gasteiger partial charge in [-0.3, -0.25) is 0 Å². The number of urea groups is 1. The van der Waals surface area contributed by atoms with Gasteiger partial charge < -0.3 is 20.1 Å². The van der Waals surface area contributed by atoms with Gasteiger partial charge in [-0.05, 0) is 55.5 Å². The minimum absolute atomic E-state index is 0.106. The zero-order chi connectivity index (χ0) is 26.1. The summed E-state index contributed by atoms with van der Waals surface area (Å²) >= 11 is 5.81. The van der Waals surface area contributed by atoms with Gasteiger partial charge in [-0.25, -0.2) is 22.0 Å². The number of amides is 2. The van der Waals surface area contributed by atoms with Gasteiger partial charge >= 0.3 is 6.03 Å². The highest BCUT2D eigenvalue weighted by Gasteiger charge is 2.54. The van der Waals surface area contributed by atoms with E-state index < -0.39 is 44.4 Å². The van der Waals surface area contributed by atoms with Crippen molar-refractivity contribution in [2.24, 2.45) is 0 Å². The van der Waals surface area contributed by atoms with Gasteiger partial charge in [-0.2, -0.15) is 4.31 Å². The molecule has 12 heteroatoms. The number of nitrogens with zero attached hydrogens (tertiary/aromatic N) is 1. The van der Waals surface area contributed by atoms with E-state index in [4.69, 9.17) is 21.1 Å². The number of hydrogen-bond acceptors (Lipinski definition) is 5. The molecule has 1 saturated carbocycles. The molecule has 1 saturated heterocycles. The number of anilines is 1. The molecule has 0 aromatic heterocycles. The van der Waals surface area contributed by atoms with Crippen molar-refractivity contribution >= 4 is 33.3 Å². The predicted molar refractivity (Wildman–Crippen MR) is 132 cm³/mol. The van der Waals surface area contributed by atoms with Gasteiger partial charge in [0.15, 0.2) is 23.1 Å². The number of benzene rings is 2. The minimum atomic E-state index is -3.71. The van der Waals surface area contributed by atoms with Gasteiger partial charge in [0.2, 0.25) is 10.0 Å². The number of nitrogens with one attached hydrogen (secondary N) is 2. The summed E-state index contributed by atoms with van der Waals surface area (Å²) in [4.78, 5) is 12.6. The van der Waals surface area contributed by atoms with Gasteiger partial charge in [-0.1, -0.05) is 6.07 Å². The molecule has 196 valence electrons. The lowest BCUT2D eigenvalue weighted by Crippen LogP contribution is -2.54. The molecule has 4 rings (SSSR count). The summed E-state index contributed by atoms with van der Waals surface area (Å²) < 4.78 is 64.7. The van der Waals surface area contributed by atoms with Crippen LogP contribution in [0.25, 0.3) is 0 Å². The molecule has 2 N–H and O–H groups in total. The molecule has 3 unspecified atom stereocenters. The first-order chi connectivity index (χ1) is 17.1. The zero-order valence-corrected chi connectivity index (χ0v) is 21.5. The molecule has 1 aliphatic heterocycles. The first-order valence-corrected chi connectivity index (χ1v) is 13.6. The maximum Gasteiger partial charge on any atom is 0.319 e. The van der Waals surface area contributed by atoms with E-state index in [1.807, 2.05) is 12.1 Å². The second-order valence-electron chi connectivity index (χ2n) is 9.02. The van der Waals surface area contributed by atoms with E-state index in [1.54, 1.807) is 20.3 Å². The standard InChI is InChI=1S/C24H28ClF2N3O5S/c1-34-20-6-3-15(11-21(20)35-2)24-8-7-17(13-22(24)30(10-9-24)36(32,33)14-25)29-23(31)28-16-4-5-18(26)19(27)12-16/h3-6,11-12,17,22H,7-10,13-14H2,1-2H3,(H2,28,29,31). The highest BCUT2D eigenvalue weighted by molar-refractivity contribution is 7.90. The molecule has 1 heterocycles. The number of carbonyl (C=O) groups excluding carboxylic acids is 1. The van der Waals surface area contributed by atoms with Crippen LogP contribution in [-0.4, -0.2) is 56.8 Å². The Balaban J connectivity index is 1.58. The summed E-state index contributed by atoms with van der Waals surface area (Å²) in [5.74, 6) is -0.964. The molecular formula is C24H28ClF2N3O5S. The lowest BCUT2D eigenvalue weighted by Gasteiger charge is -2.45. The summed E-state index contributed by atoms with van der Waals surface area (Å²) in [6, 6.07) is 7.31. The average molecular weight is 544 g/mol. The molecule has 2 aromatic carbocycles. The van der Waals surface area contributed by atoms with Crippen LogP contribution in [0.5, 0.6) is 11.5 Å². The Morgan fingerprint density at radius 2 is 1.86 bits per heavy atom.